The second-order valence-corrected chi connectivity index (χ2v) is 6.15. The zero-order chi connectivity index (χ0) is 17.4. The third-order valence-electron chi connectivity index (χ3n) is 4.42. The first-order valence-electron chi connectivity index (χ1n) is 8.03. The number of hydrogen-bond donors (Lipinski definition) is 0. The van der Waals surface area contributed by atoms with Crippen LogP contribution in [0.25, 0.3) is 11.5 Å². The molecule has 3 aromatic rings. The average molecular weight is 336 g/mol. The number of hydrogen-bond acceptors (Lipinski definition) is 6. The number of para-hydroxylation sites is 1. The lowest BCUT2D eigenvalue weighted by Crippen LogP contribution is -2.20. The lowest BCUT2D eigenvalue weighted by atomic mass is 10.0. The zero-order valence-electron chi connectivity index (χ0n) is 13.6. The molecular formula is C18H16N4O3. The Bertz CT molecular complexity index is 920. The number of nitrogens with zero attached hydrogens (tertiary/aromatic N) is 4. The van der Waals surface area contributed by atoms with Gasteiger partial charge >= 0.3 is 0 Å². The van der Waals surface area contributed by atoms with Gasteiger partial charge in [0.05, 0.1) is 11.5 Å². The van der Waals surface area contributed by atoms with Crippen LogP contribution >= 0.6 is 0 Å². The minimum Gasteiger partial charge on any atom is -0.419 e. The van der Waals surface area contributed by atoms with Gasteiger partial charge < -0.3 is 9.32 Å². The van der Waals surface area contributed by atoms with E-state index in [0.717, 1.165) is 6.54 Å². The smallest absolute Gasteiger partial charge is 0.269 e. The number of benzene rings is 2. The van der Waals surface area contributed by atoms with Gasteiger partial charge in [0.2, 0.25) is 11.8 Å². The van der Waals surface area contributed by atoms with Crippen LogP contribution < -0.4 is 4.90 Å². The van der Waals surface area contributed by atoms with E-state index in [0.29, 0.717) is 29.8 Å². The van der Waals surface area contributed by atoms with Gasteiger partial charge in [-0.05, 0) is 23.8 Å². The SMILES string of the molecule is CC1CN(Cc2nnc(-c3ccc([N+](=O)[O-])cc3)o2)c2ccccc21. The molecule has 1 unspecified atom stereocenters. The summed E-state index contributed by atoms with van der Waals surface area (Å²) in [6.45, 7) is 3.66. The van der Waals surface area contributed by atoms with E-state index in [1.54, 1.807) is 12.1 Å². The molecule has 0 bridgehead atoms. The maximum atomic E-state index is 10.7. The van der Waals surface area contributed by atoms with E-state index in [9.17, 15) is 10.1 Å². The van der Waals surface area contributed by atoms with Crippen LogP contribution in [0.15, 0.2) is 52.9 Å². The molecule has 25 heavy (non-hydrogen) atoms. The van der Waals surface area contributed by atoms with Gasteiger partial charge in [-0.25, -0.2) is 0 Å². The minimum absolute atomic E-state index is 0.0335. The van der Waals surface area contributed by atoms with Crippen molar-refractivity contribution in [2.75, 3.05) is 11.4 Å². The van der Waals surface area contributed by atoms with Gasteiger partial charge in [0.1, 0.15) is 0 Å². The third-order valence-corrected chi connectivity index (χ3v) is 4.42. The van der Waals surface area contributed by atoms with Gasteiger partial charge in [-0.2, -0.15) is 0 Å². The summed E-state index contributed by atoms with van der Waals surface area (Å²) < 4.78 is 5.75. The van der Waals surface area contributed by atoms with Gasteiger partial charge in [0, 0.05) is 35.8 Å². The lowest BCUT2D eigenvalue weighted by molar-refractivity contribution is -0.384. The summed E-state index contributed by atoms with van der Waals surface area (Å²) in [6, 6.07) is 14.4. The van der Waals surface area contributed by atoms with E-state index >= 15 is 0 Å². The highest BCUT2D eigenvalue weighted by molar-refractivity contribution is 5.60. The van der Waals surface area contributed by atoms with Crippen molar-refractivity contribution in [2.24, 2.45) is 0 Å². The van der Waals surface area contributed by atoms with Crippen LogP contribution in [-0.2, 0) is 6.54 Å². The molecule has 0 aliphatic carbocycles. The topological polar surface area (TPSA) is 85.3 Å². The Labute approximate surface area is 144 Å². The van der Waals surface area contributed by atoms with Crippen molar-refractivity contribution in [3.05, 3.63) is 70.1 Å². The summed E-state index contributed by atoms with van der Waals surface area (Å²) in [7, 11) is 0. The number of fused-ring (bicyclic) bond motifs is 1. The Hall–Kier alpha value is -3.22. The summed E-state index contributed by atoms with van der Waals surface area (Å²) in [5.74, 6) is 1.36. The van der Waals surface area contributed by atoms with Gasteiger partial charge in [-0.1, -0.05) is 25.1 Å². The summed E-state index contributed by atoms with van der Waals surface area (Å²) in [5.41, 5.74) is 3.23. The molecular weight excluding hydrogens is 320 g/mol. The van der Waals surface area contributed by atoms with Gasteiger partial charge in [0.25, 0.3) is 5.69 Å². The third kappa shape index (κ3) is 2.84. The summed E-state index contributed by atoms with van der Waals surface area (Å²) >= 11 is 0. The molecule has 1 aliphatic rings. The molecule has 2 heterocycles. The Kier molecular flexibility index (Phi) is 3.68. The second kappa shape index (κ2) is 6.01. The van der Waals surface area contributed by atoms with E-state index in [4.69, 9.17) is 4.42 Å². The van der Waals surface area contributed by atoms with Gasteiger partial charge in [-0.15, -0.1) is 10.2 Å². The average Bonchev–Trinajstić information content (AvgIpc) is 3.21. The maximum absolute atomic E-state index is 10.7. The Balaban J connectivity index is 1.53. The molecule has 1 aliphatic heterocycles. The van der Waals surface area contributed by atoms with Crippen molar-refractivity contribution >= 4 is 11.4 Å². The molecule has 0 N–H and O–H groups in total. The first kappa shape index (κ1) is 15.3. The lowest BCUT2D eigenvalue weighted by Gasteiger charge is -2.16. The van der Waals surface area contributed by atoms with Crippen LogP contribution in [0.2, 0.25) is 0 Å². The number of non-ortho nitro benzene ring substituents is 1. The van der Waals surface area contributed by atoms with Crippen LogP contribution in [0.1, 0.15) is 24.3 Å². The van der Waals surface area contributed by atoms with Gasteiger partial charge in [-0.3, -0.25) is 10.1 Å². The fourth-order valence-electron chi connectivity index (χ4n) is 3.19. The predicted molar refractivity (Wildman–Crippen MR) is 92.3 cm³/mol. The first-order chi connectivity index (χ1) is 12.1. The maximum Gasteiger partial charge on any atom is 0.269 e. The van der Waals surface area contributed by atoms with Crippen molar-refractivity contribution in [3.8, 4) is 11.5 Å². The molecule has 7 nitrogen and oxygen atoms in total. The fraction of sp³-hybridized carbons (Fsp3) is 0.222. The van der Waals surface area contributed by atoms with E-state index in [1.807, 2.05) is 6.07 Å². The second-order valence-electron chi connectivity index (χ2n) is 6.15. The molecule has 7 heteroatoms. The highest BCUT2D eigenvalue weighted by Crippen LogP contribution is 2.36. The van der Waals surface area contributed by atoms with Crippen molar-refractivity contribution in [1.29, 1.82) is 0 Å². The monoisotopic (exact) mass is 336 g/mol. The van der Waals surface area contributed by atoms with Crippen molar-refractivity contribution < 1.29 is 9.34 Å². The van der Waals surface area contributed by atoms with E-state index < -0.39 is 4.92 Å². The first-order valence-corrected chi connectivity index (χ1v) is 8.03. The van der Waals surface area contributed by atoms with Crippen LogP contribution in [-0.4, -0.2) is 21.7 Å². The van der Waals surface area contributed by atoms with Crippen molar-refractivity contribution in [2.45, 2.75) is 19.4 Å². The Morgan fingerprint density at radius 2 is 1.96 bits per heavy atom. The zero-order valence-corrected chi connectivity index (χ0v) is 13.6. The Morgan fingerprint density at radius 3 is 2.72 bits per heavy atom. The molecule has 1 atom stereocenters. The van der Waals surface area contributed by atoms with Crippen LogP contribution in [0.3, 0.4) is 0 Å². The molecule has 1 aromatic heterocycles. The largest absolute Gasteiger partial charge is 0.419 e. The van der Waals surface area contributed by atoms with E-state index in [2.05, 4.69) is 40.2 Å². The van der Waals surface area contributed by atoms with Gasteiger partial charge in [0.15, 0.2) is 0 Å². The summed E-state index contributed by atoms with van der Waals surface area (Å²) in [6.07, 6.45) is 0. The molecule has 0 radical (unpaired) electrons. The minimum atomic E-state index is -0.436. The van der Waals surface area contributed by atoms with E-state index in [1.165, 1.54) is 23.4 Å². The highest BCUT2D eigenvalue weighted by atomic mass is 16.6. The normalized spacial score (nSPS) is 16.0. The molecule has 2 aromatic carbocycles. The molecule has 0 saturated carbocycles. The standard InChI is InChI=1S/C18H16N4O3/c1-12-10-21(16-5-3-2-4-15(12)16)11-17-19-20-18(25-17)13-6-8-14(9-7-13)22(23)24/h2-9,12H,10-11H2,1H3. The number of anilines is 1. The quantitative estimate of drug-likeness (QED) is 0.532. The Morgan fingerprint density at radius 1 is 1.20 bits per heavy atom. The van der Waals surface area contributed by atoms with Crippen LogP contribution in [0.4, 0.5) is 11.4 Å². The highest BCUT2D eigenvalue weighted by Gasteiger charge is 2.26. The number of nitro groups is 1. The summed E-state index contributed by atoms with van der Waals surface area (Å²) in [4.78, 5) is 12.5. The molecule has 0 saturated heterocycles. The van der Waals surface area contributed by atoms with E-state index in [-0.39, 0.29) is 5.69 Å². The van der Waals surface area contributed by atoms with Crippen LogP contribution in [0, 0.1) is 10.1 Å². The number of nitro benzene ring substituents is 1. The number of aromatic nitrogens is 2. The summed E-state index contributed by atoms with van der Waals surface area (Å²) in [5, 5.41) is 18.9. The van der Waals surface area contributed by atoms with Crippen molar-refractivity contribution in [3.63, 3.8) is 0 Å². The molecule has 0 fully saturated rings. The van der Waals surface area contributed by atoms with Crippen molar-refractivity contribution in [1.82, 2.24) is 10.2 Å². The predicted octanol–water partition coefficient (Wildman–Crippen LogP) is 3.77. The molecule has 4 rings (SSSR count). The molecule has 0 spiro atoms. The molecule has 126 valence electrons. The molecule has 0 amide bonds. The number of rotatable bonds is 4. The van der Waals surface area contributed by atoms with Crippen LogP contribution in [0.5, 0.6) is 0 Å². The fourth-order valence-corrected chi connectivity index (χ4v) is 3.19.